The number of likely N-dealkylation sites (N-methyl/N-ethyl adjacent to an activating group) is 1. The number of thiocarbonyl (C=S) groups is 1. The number of rotatable bonds is 7. The van der Waals surface area contributed by atoms with Crippen molar-refractivity contribution in [2.24, 2.45) is 24.6 Å². The minimum Gasteiger partial charge on any atom is -0.508 e. The predicted molar refractivity (Wildman–Crippen MR) is 169 cm³/mol. The van der Waals surface area contributed by atoms with Crippen molar-refractivity contribution in [3.8, 4) is 5.75 Å². The number of fused-ring (bicyclic) bond motifs is 3. The first-order valence-electron chi connectivity index (χ1n) is 14.0. The van der Waals surface area contributed by atoms with Crippen LogP contribution in [0.1, 0.15) is 28.8 Å². The summed E-state index contributed by atoms with van der Waals surface area (Å²) < 4.78 is 1.97. The topological polar surface area (TPSA) is 182 Å². The molecular formula is C31H39N5O7S. The highest BCUT2D eigenvalue weighted by Gasteiger charge is 2.64. The second kappa shape index (κ2) is 12.2. The molecule has 4 atom stereocenters. The van der Waals surface area contributed by atoms with Gasteiger partial charge in [0.2, 0.25) is 5.78 Å². The van der Waals surface area contributed by atoms with Gasteiger partial charge < -0.3 is 40.9 Å². The van der Waals surface area contributed by atoms with Gasteiger partial charge in [-0.2, -0.15) is 0 Å². The van der Waals surface area contributed by atoms with Gasteiger partial charge in [-0.05, 0) is 62.5 Å². The van der Waals surface area contributed by atoms with E-state index >= 15 is 0 Å². The van der Waals surface area contributed by atoms with Gasteiger partial charge in [0, 0.05) is 68.9 Å². The van der Waals surface area contributed by atoms with Crippen LogP contribution < -0.4 is 16.0 Å². The summed E-state index contributed by atoms with van der Waals surface area (Å²) >= 11 is 3.83. The number of nitrogens with one attached hydrogen (secondary N) is 1. The first-order valence-corrected chi connectivity index (χ1v) is 14.6. The number of carbonyl (C=O) groups excluding carboxylic acids is 3. The van der Waals surface area contributed by atoms with Crippen LogP contribution >= 0.6 is 12.2 Å². The van der Waals surface area contributed by atoms with Gasteiger partial charge in [0.1, 0.15) is 22.8 Å². The Morgan fingerprint density at radius 1 is 1.18 bits per heavy atom. The van der Waals surface area contributed by atoms with Gasteiger partial charge in [0.25, 0.3) is 5.91 Å². The number of hydrogen-bond donors (Lipinski definition) is 6. The van der Waals surface area contributed by atoms with E-state index in [1.54, 1.807) is 14.1 Å². The maximum absolute atomic E-state index is 14.1. The van der Waals surface area contributed by atoms with Gasteiger partial charge >= 0.3 is 0 Å². The number of primary amides is 1. The van der Waals surface area contributed by atoms with Crippen molar-refractivity contribution in [3.63, 3.8) is 0 Å². The van der Waals surface area contributed by atoms with E-state index in [0.717, 1.165) is 11.4 Å². The molecule has 12 nitrogen and oxygen atoms in total. The number of anilines is 1. The number of phenols is 1. The van der Waals surface area contributed by atoms with E-state index in [1.165, 1.54) is 4.90 Å². The lowest BCUT2D eigenvalue weighted by molar-refractivity contribution is -0.153. The van der Waals surface area contributed by atoms with Crippen molar-refractivity contribution in [1.82, 2.24) is 14.8 Å². The highest BCUT2D eigenvalue weighted by atomic mass is 32.1. The smallest absolute Gasteiger partial charge is 0.255 e. The van der Waals surface area contributed by atoms with Gasteiger partial charge in [-0.3, -0.25) is 19.3 Å². The third-order valence-corrected chi connectivity index (χ3v) is 8.93. The molecule has 2 aromatic rings. The first-order chi connectivity index (χ1) is 20.7. The summed E-state index contributed by atoms with van der Waals surface area (Å²) in [7, 11) is 8.75. The van der Waals surface area contributed by atoms with E-state index in [-0.39, 0.29) is 36.3 Å². The Morgan fingerprint density at radius 2 is 1.84 bits per heavy atom. The Morgan fingerprint density at radius 3 is 2.39 bits per heavy atom. The molecule has 1 saturated carbocycles. The third-order valence-electron chi connectivity index (χ3n) is 8.93. The molecule has 3 aliphatic rings. The molecule has 0 aliphatic heterocycles. The van der Waals surface area contributed by atoms with Gasteiger partial charge in [-0.25, -0.2) is 0 Å². The number of nitrogens with two attached hydrogens (primary N) is 1. The average molecular weight is 626 g/mol. The largest absolute Gasteiger partial charge is 0.508 e. The van der Waals surface area contributed by atoms with Gasteiger partial charge in [-0.15, -0.1) is 0 Å². The number of benzene rings is 1. The molecule has 1 amide bonds. The lowest BCUT2D eigenvalue weighted by atomic mass is 9.57. The molecule has 0 unspecified atom stereocenters. The maximum atomic E-state index is 14.1. The SMILES string of the molecule is C=S.CN(C)c1cc(CNCc2cccn2C)c(O)c2c1C[C@H]1C[C@H]3[C@H](N(C)C)C(=O)C(C(N)=O)=C(O)[C@@]3(O)C(=O)C1=C2O. The fraction of sp³-hybridized carbons (Fsp3) is 0.419. The molecule has 3 aliphatic carbocycles. The Kier molecular flexibility index (Phi) is 9.08. The molecule has 1 aromatic carbocycles. The van der Waals surface area contributed by atoms with Crippen LogP contribution in [0.4, 0.5) is 5.69 Å². The number of Topliss-reactive ketones (excluding diaryl/α,β-unsaturated/α-hetero) is 2. The number of ketones is 2. The second-order valence-corrected chi connectivity index (χ2v) is 11.8. The second-order valence-electron chi connectivity index (χ2n) is 11.8. The lowest BCUT2D eigenvalue weighted by Gasteiger charge is -2.50. The van der Waals surface area contributed by atoms with Crippen molar-refractivity contribution >= 4 is 47.0 Å². The van der Waals surface area contributed by atoms with Crippen LogP contribution in [0.25, 0.3) is 5.76 Å². The molecule has 7 N–H and O–H groups in total. The Balaban J connectivity index is 0.00000216. The molecule has 0 bridgehead atoms. The first kappa shape index (κ1) is 32.9. The monoisotopic (exact) mass is 625 g/mol. The molecule has 1 fully saturated rings. The molecular weight excluding hydrogens is 586 g/mol. The van der Waals surface area contributed by atoms with Crippen LogP contribution in [-0.4, -0.2) is 93.1 Å². The van der Waals surface area contributed by atoms with E-state index < -0.39 is 58.0 Å². The number of hydrogen-bond acceptors (Lipinski definition) is 11. The number of aliphatic hydroxyl groups excluding tert-OH is 2. The highest BCUT2D eigenvalue weighted by Crippen LogP contribution is 2.54. The van der Waals surface area contributed by atoms with Gasteiger partial charge in [-0.1, -0.05) is 12.2 Å². The lowest BCUT2D eigenvalue weighted by Crippen LogP contribution is -2.65. The minimum absolute atomic E-state index is 0.0410. The zero-order chi connectivity index (χ0) is 32.8. The number of aryl methyl sites for hydroxylation is 1. The predicted octanol–water partition coefficient (Wildman–Crippen LogP) is 1.27. The number of aromatic hydroxyl groups is 1. The fourth-order valence-corrected chi connectivity index (χ4v) is 6.89. The van der Waals surface area contributed by atoms with Crippen LogP contribution in [-0.2, 0) is 40.9 Å². The summed E-state index contributed by atoms with van der Waals surface area (Å²) in [6, 6.07) is 4.62. The van der Waals surface area contributed by atoms with Crippen LogP contribution in [0.5, 0.6) is 5.75 Å². The zero-order valence-electron chi connectivity index (χ0n) is 25.4. The van der Waals surface area contributed by atoms with Crippen molar-refractivity contribution < 1.29 is 34.8 Å². The molecule has 5 rings (SSSR count). The van der Waals surface area contributed by atoms with Crippen LogP contribution in [0.2, 0.25) is 0 Å². The van der Waals surface area contributed by atoms with Crippen LogP contribution in [0.3, 0.4) is 0 Å². The molecule has 13 heteroatoms. The molecule has 0 saturated heterocycles. The zero-order valence-corrected chi connectivity index (χ0v) is 26.2. The summed E-state index contributed by atoms with van der Waals surface area (Å²) in [6.07, 6.45) is 2.20. The summed E-state index contributed by atoms with van der Waals surface area (Å²) in [4.78, 5) is 42.9. The Labute approximate surface area is 261 Å². The molecule has 1 heterocycles. The van der Waals surface area contributed by atoms with E-state index in [0.29, 0.717) is 17.7 Å². The number of aliphatic hydroxyl groups is 3. The van der Waals surface area contributed by atoms with Gasteiger partial charge in [0.05, 0.1) is 11.6 Å². The number of nitrogens with zero attached hydrogens (tertiary/aromatic N) is 3. The van der Waals surface area contributed by atoms with E-state index in [2.05, 4.69) is 23.4 Å². The summed E-state index contributed by atoms with van der Waals surface area (Å²) in [5.41, 5.74) is 4.69. The van der Waals surface area contributed by atoms with Crippen molar-refractivity contribution in [1.29, 1.82) is 0 Å². The molecule has 44 heavy (non-hydrogen) atoms. The minimum atomic E-state index is -2.67. The summed E-state index contributed by atoms with van der Waals surface area (Å²) in [5, 5.41) is 49.2. The molecule has 0 radical (unpaired) electrons. The Hall–Kier alpha value is -4.04. The fourth-order valence-electron chi connectivity index (χ4n) is 6.89. The number of carbonyl (C=O) groups is 3. The van der Waals surface area contributed by atoms with E-state index in [9.17, 15) is 34.8 Å². The van der Waals surface area contributed by atoms with Crippen LogP contribution in [0.15, 0.2) is 41.3 Å². The number of aromatic nitrogens is 1. The average Bonchev–Trinajstić information content (AvgIpc) is 3.36. The quantitative estimate of drug-likeness (QED) is 0.193. The maximum Gasteiger partial charge on any atom is 0.255 e. The summed E-state index contributed by atoms with van der Waals surface area (Å²) in [6.45, 7) is 0.786. The van der Waals surface area contributed by atoms with Crippen molar-refractivity contribution in [2.45, 2.75) is 37.6 Å². The van der Waals surface area contributed by atoms with E-state index in [1.807, 2.05) is 55.0 Å². The third kappa shape index (κ3) is 4.99. The van der Waals surface area contributed by atoms with E-state index in [4.69, 9.17) is 5.73 Å². The standard InChI is InChI=1S/C30H37N5O7.CH2S/c1-33(2)19-11-15(12-32-13-16-7-6-8-35(16)5)24(36)21-17(19)9-14-10-18-23(34(3)4)26(38)22(29(31)41)28(40)30(18,42)27(39)20(14)25(21)37;1-2/h6-8,11,14,18,23,32,36-37,40,42H,9-10,12-13H2,1-5H3,(H2,31,41);1H2/t14-,18-,23-,30-;/m0./s1. The number of phenolic OH excluding ortho intramolecular Hbond substituents is 1. The molecule has 0 spiro atoms. The Bertz CT molecular complexity index is 1590. The normalized spacial score (nSPS) is 24.4. The molecule has 1 aromatic heterocycles. The van der Waals surface area contributed by atoms with Crippen molar-refractivity contribution in [3.05, 3.63) is 63.7 Å². The highest BCUT2D eigenvalue weighted by molar-refractivity contribution is 7.77. The molecule has 236 valence electrons. The van der Waals surface area contributed by atoms with Gasteiger partial charge in [0.15, 0.2) is 11.4 Å². The van der Waals surface area contributed by atoms with Crippen molar-refractivity contribution in [2.75, 3.05) is 33.1 Å². The summed E-state index contributed by atoms with van der Waals surface area (Å²) in [5.74, 6) is -3.80. The number of amides is 1. The van der Waals surface area contributed by atoms with Crippen LogP contribution in [0, 0.1) is 11.8 Å².